The van der Waals surface area contributed by atoms with Gasteiger partial charge in [-0.1, -0.05) is 18.4 Å². The molecule has 0 aliphatic carbocycles. The van der Waals surface area contributed by atoms with Gasteiger partial charge in [0.05, 0.1) is 11.1 Å². The topological polar surface area (TPSA) is 152 Å². The molecule has 1 aromatic rings. The fourth-order valence-electron chi connectivity index (χ4n) is 2.56. The van der Waals surface area contributed by atoms with Gasteiger partial charge < -0.3 is 10.6 Å². The molecule has 0 bridgehead atoms. The summed E-state index contributed by atoms with van der Waals surface area (Å²) < 4.78 is 0. The van der Waals surface area contributed by atoms with Gasteiger partial charge in [0.2, 0.25) is 0 Å². The number of nitrogens with zero attached hydrogens (tertiary/aromatic N) is 5. The van der Waals surface area contributed by atoms with E-state index in [1.807, 2.05) is 4.90 Å². The molecule has 11 heteroatoms. The molecule has 1 heterocycles. The summed E-state index contributed by atoms with van der Waals surface area (Å²) in [5.41, 5.74) is 7.86. The molecular weight excluding hydrogens is 330 g/mol. The van der Waals surface area contributed by atoms with Gasteiger partial charge in [0.1, 0.15) is 5.69 Å². The van der Waals surface area contributed by atoms with Gasteiger partial charge >= 0.3 is 0 Å². The van der Waals surface area contributed by atoms with Gasteiger partial charge in [-0.25, -0.2) is 10.1 Å². The molecule has 1 fully saturated rings. The Bertz CT molecular complexity index is 711. The van der Waals surface area contributed by atoms with E-state index in [0.29, 0.717) is 17.2 Å². The van der Waals surface area contributed by atoms with Crippen molar-refractivity contribution in [2.75, 3.05) is 18.0 Å². The zero-order chi connectivity index (χ0) is 18.4. The maximum absolute atomic E-state index is 11.4. The van der Waals surface area contributed by atoms with Crippen molar-refractivity contribution in [3.8, 4) is 0 Å². The monoisotopic (exact) mass is 349 g/mol. The SMILES string of the molecule is CC1CCN(c2ccc(C=NN=C(N)N[N+](=O)[O-])cc2[N+](=O)[O-])CC1. The zero-order valence-electron chi connectivity index (χ0n) is 13.7. The van der Waals surface area contributed by atoms with Gasteiger partial charge in [-0.3, -0.25) is 10.1 Å². The number of guanidine groups is 1. The molecule has 1 aromatic carbocycles. The number of nitrogens with two attached hydrogens (primary N) is 1. The molecule has 11 nitrogen and oxygen atoms in total. The van der Waals surface area contributed by atoms with E-state index in [1.54, 1.807) is 17.6 Å². The minimum atomic E-state index is -0.868. The Balaban J connectivity index is 2.18. The van der Waals surface area contributed by atoms with Crippen LogP contribution in [0.3, 0.4) is 0 Å². The van der Waals surface area contributed by atoms with Crippen molar-refractivity contribution < 1.29 is 9.96 Å². The predicted molar refractivity (Wildman–Crippen MR) is 93.1 cm³/mol. The third kappa shape index (κ3) is 5.12. The van der Waals surface area contributed by atoms with Crippen molar-refractivity contribution in [2.45, 2.75) is 19.8 Å². The lowest BCUT2D eigenvalue weighted by atomic mass is 9.98. The molecular formula is C14H19N7O4. The second-order valence-corrected chi connectivity index (χ2v) is 5.77. The maximum atomic E-state index is 11.4. The summed E-state index contributed by atoms with van der Waals surface area (Å²) in [4.78, 5) is 23.1. The smallest absolute Gasteiger partial charge is 0.293 e. The van der Waals surface area contributed by atoms with Gasteiger partial charge in [0.25, 0.3) is 11.6 Å². The number of nitro benzene ring substituents is 1. The standard InChI is InChI=1S/C14H19N7O4/c1-10-4-6-19(7-5-10)12-3-2-11(8-13(12)20(22)23)9-16-17-14(15)18-21(24)25/h2-3,8-10H,4-7H2,1H3,(H3,15,17,18). The summed E-state index contributed by atoms with van der Waals surface area (Å²) in [5.74, 6) is 0.132. The van der Waals surface area contributed by atoms with Crippen molar-refractivity contribution >= 4 is 23.5 Å². The highest BCUT2D eigenvalue weighted by atomic mass is 16.7. The van der Waals surface area contributed by atoms with Crippen LogP contribution < -0.4 is 16.1 Å². The Hall–Kier alpha value is -3.24. The number of anilines is 1. The van der Waals surface area contributed by atoms with Gasteiger partial charge in [0, 0.05) is 24.7 Å². The first-order valence-electron chi connectivity index (χ1n) is 7.67. The van der Waals surface area contributed by atoms with E-state index >= 15 is 0 Å². The van der Waals surface area contributed by atoms with E-state index in [2.05, 4.69) is 17.1 Å². The molecule has 0 aromatic heterocycles. The summed E-state index contributed by atoms with van der Waals surface area (Å²) in [6, 6.07) is 4.75. The first-order chi connectivity index (χ1) is 11.9. The minimum absolute atomic E-state index is 0.0149. The molecule has 0 radical (unpaired) electrons. The van der Waals surface area contributed by atoms with Crippen LogP contribution in [0.1, 0.15) is 25.3 Å². The summed E-state index contributed by atoms with van der Waals surface area (Å²) >= 11 is 0. The molecule has 0 unspecified atom stereocenters. The maximum Gasteiger partial charge on any atom is 0.293 e. The van der Waals surface area contributed by atoms with Crippen LogP contribution in [0.5, 0.6) is 0 Å². The highest BCUT2D eigenvalue weighted by Gasteiger charge is 2.23. The largest absolute Gasteiger partial charge is 0.366 e. The molecule has 3 N–H and O–H groups in total. The van der Waals surface area contributed by atoms with Crippen molar-refractivity contribution in [3.05, 3.63) is 44.0 Å². The summed E-state index contributed by atoms with van der Waals surface area (Å²) in [5, 5.41) is 27.7. The zero-order valence-corrected chi connectivity index (χ0v) is 13.7. The Morgan fingerprint density at radius 3 is 2.64 bits per heavy atom. The van der Waals surface area contributed by atoms with E-state index in [4.69, 9.17) is 5.73 Å². The number of hydrogen-bond donors (Lipinski definition) is 2. The van der Waals surface area contributed by atoms with Crippen LogP contribution in [-0.4, -0.2) is 35.2 Å². The number of benzene rings is 1. The van der Waals surface area contributed by atoms with Crippen LogP contribution in [0, 0.1) is 26.1 Å². The van der Waals surface area contributed by atoms with E-state index in [0.717, 1.165) is 25.9 Å². The van der Waals surface area contributed by atoms with Crippen LogP contribution in [0.25, 0.3) is 0 Å². The van der Waals surface area contributed by atoms with E-state index in [9.17, 15) is 20.2 Å². The molecule has 1 saturated heterocycles. The lowest BCUT2D eigenvalue weighted by Gasteiger charge is -2.31. The number of hydrogen-bond acceptors (Lipinski definition) is 7. The number of nitro groups is 2. The Morgan fingerprint density at radius 1 is 1.36 bits per heavy atom. The van der Waals surface area contributed by atoms with Crippen LogP contribution >= 0.6 is 0 Å². The van der Waals surface area contributed by atoms with Crippen LogP contribution in [0.15, 0.2) is 28.4 Å². The molecule has 0 spiro atoms. The van der Waals surface area contributed by atoms with Crippen LogP contribution in [0.2, 0.25) is 0 Å². The number of nitrogens with one attached hydrogen (secondary N) is 1. The van der Waals surface area contributed by atoms with Gasteiger partial charge in [-0.15, -0.1) is 5.10 Å². The molecule has 134 valence electrons. The third-order valence-corrected chi connectivity index (χ3v) is 3.90. The normalized spacial score (nSPS) is 16.2. The van der Waals surface area contributed by atoms with Gasteiger partial charge in [0.15, 0.2) is 5.03 Å². The first-order valence-corrected chi connectivity index (χ1v) is 7.67. The molecule has 0 amide bonds. The summed E-state index contributed by atoms with van der Waals surface area (Å²) in [6.45, 7) is 3.73. The van der Waals surface area contributed by atoms with E-state index in [1.165, 1.54) is 12.3 Å². The Labute approximate surface area is 143 Å². The molecule has 25 heavy (non-hydrogen) atoms. The highest BCUT2D eigenvalue weighted by molar-refractivity contribution is 5.84. The van der Waals surface area contributed by atoms with Crippen molar-refractivity contribution in [3.63, 3.8) is 0 Å². The minimum Gasteiger partial charge on any atom is -0.366 e. The molecule has 1 aliphatic rings. The summed E-state index contributed by atoms with van der Waals surface area (Å²) in [7, 11) is 0. The summed E-state index contributed by atoms with van der Waals surface area (Å²) in [6.07, 6.45) is 3.24. The van der Waals surface area contributed by atoms with Crippen molar-refractivity contribution in [1.82, 2.24) is 5.43 Å². The number of rotatable bonds is 5. The van der Waals surface area contributed by atoms with E-state index < -0.39 is 15.9 Å². The molecule has 1 aliphatic heterocycles. The quantitative estimate of drug-likeness (QED) is 0.351. The van der Waals surface area contributed by atoms with Crippen LogP contribution in [0.4, 0.5) is 11.4 Å². The average Bonchev–Trinajstić information content (AvgIpc) is 2.55. The lowest BCUT2D eigenvalue weighted by Crippen LogP contribution is -2.35. The molecule has 0 atom stereocenters. The molecule has 0 saturated carbocycles. The fourth-order valence-corrected chi connectivity index (χ4v) is 2.56. The van der Waals surface area contributed by atoms with Crippen LogP contribution in [-0.2, 0) is 0 Å². The van der Waals surface area contributed by atoms with Gasteiger partial charge in [-0.05, 0) is 24.8 Å². The number of hydrazine groups is 1. The Kier molecular flexibility index (Phi) is 5.82. The van der Waals surface area contributed by atoms with E-state index in [-0.39, 0.29) is 5.69 Å². The van der Waals surface area contributed by atoms with Crippen molar-refractivity contribution in [1.29, 1.82) is 0 Å². The second kappa shape index (κ2) is 8.04. The van der Waals surface area contributed by atoms with Gasteiger partial charge in [-0.2, -0.15) is 5.10 Å². The number of piperidine rings is 1. The lowest BCUT2D eigenvalue weighted by molar-refractivity contribution is -0.525. The highest BCUT2D eigenvalue weighted by Crippen LogP contribution is 2.31. The Morgan fingerprint density at radius 2 is 2.04 bits per heavy atom. The molecule has 2 rings (SSSR count). The average molecular weight is 349 g/mol. The fraction of sp³-hybridized carbons (Fsp3) is 0.429. The predicted octanol–water partition coefficient (Wildman–Crippen LogP) is 1.26. The third-order valence-electron chi connectivity index (χ3n) is 3.90. The first kappa shape index (κ1) is 18.1. The second-order valence-electron chi connectivity index (χ2n) is 5.77. The van der Waals surface area contributed by atoms with Crippen molar-refractivity contribution in [2.24, 2.45) is 21.9 Å².